The molecular formula is C26H24N2O7S. The van der Waals surface area contributed by atoms with Crippen LogP contribution in [0.15, 0.2) is 54.1 Å². The number of aliphatic hydroxyl groups excluding tert-OH is 1. The number of ether oxygens (including phenoxy) is 2. The van der Waals surface area contributed by atoms with Crippen LogP contribution in [-0.2, 0) is 14.3 Å². The number of aliphatic hydroxyl groups is 1. The molecule has 2 heterocycles. The molecule has 1 aliphatic rings. The van der Waals surface area contributed by atoms with Gasteiger partial charge in [0.25, 0.3) is 5.78 Å². The maximum absolute atomic E-state index is 13.3. The third-order valence-corrected chi connectivity index (χ3v) is 6.68. The Bertz CT molecular complexity index is 1360. The van der Waals surface area contributed by atoms with Crippen molar-refractivity contribution in [1.82, 2.24) is 4.98 Å². The number of thiazole rings is 1. The minimum atomic E-state index is -1.09. The van der Waals surface area contributed by atoms with Gasteiger partial charge in [-0.3, -0.25) is 14.5 Å². The maximum Gasteiger partial charge on any atom is 0.350 e. The molecule has 1 aliphatic heterocycles. The molecule has 1 amide bonds. The number of rotatable bonds is 7. The monoisotopic (exact) mass is 508 g/mol. The zero-order valence-electron chi connectivity index (χ0n) is 19.8. The van der Waals surface area contributed by atoms with E-state index in [1.54, 1.807) is 51.1 Å². The minimum Gasteiger partial charge on any atom is -0.507 e. The summed E-state index contributed by atoms with van der Waals surface area (Å²) in [6.07, 6.45) is 0. The van der Waals surface area contributed by atoms with Crippen LogP contribution in [0, 0.1) is 6.92 Å². The van der Waals surface area contributed by atoms with E-state index in [1.165, 1.54) is 18.2 Å². The van der Waals surface area contributed by atoms with Gasteiger partial charge in [0, 0.05) is 5.56 Å². The number of aryl methyl sites for hydroxylation is 1. The average Bonchev–Trinajstić information content (AvgIpc) is 3.37. The first-order valence-electron chi connectivity index (χ1n) is 11.2. The van der Waals surface area contributed by atoms with E-state index >= 15 is 0 Å². The molecule has 0 bridgehead atoms. The largest absolute Gasteiger partial charge is 0.507 e. The second-order valence-electron chi connectivity index (χ2n) is 7.83. The fourth-order valence-corrected chi connectivity index (χ4v) is 4.93. The summed E-state index contributed by atoms with van der Waals surface area (Å²) in [7, 11) is 0. The number of anilines is 1. The number of aromatic nitrogens is 1. The van der Waals surface area contributed by atoms with Crippen LogP contribution in [-0.4, -0.2) is 46.1 Å². The standard InChI is InChI=1S/C26H24N2O7S/c1-4-34-18-13-16(11-12-17(18)29)20-19(21(30)15-9-7-6-8-10-15)22(31)24(32)28(20)26-27-14(3)23(36-26)25(33)35-5-2/h6-13,20,29-30H,4-5H2,1-3H3/t20-/m0/s1. The first-order valence-corrected chi connectivity index (χ1v) is 12.1. The molecule has 1 aromatic heterocycles. The lowest BCUT2D eigenvalue weighted by atomic mass is 9.95. The molecule has 0 aliphatic carbocycles. The fourth-order valence-electron chi connectivity index (χ4n) is 3.94. The van der Waals surface area contributed by atoms with Gasteiger partial charge >= 0.3 is 11.9 Å². The first kappa shape index (κ1) is 24.9. The quantitative estimate of drug-likeness (QED) is 0.209. The van der Waals surface area contributed by atoms with E-state index in [-0.39, 0.29) is 46.1 Å². The lowest BCUT2D eigenvalue weighted by Gasteiger charge is -2.23. The van der Waals surface area contributed by atoms with Crippen molar-refractivity contribution in [2.24, 2.45) is 0 Å². The normalized spacial score (nSPS) is 16.9. The molecule has 4 rings (SSSR count). The van der Waals surface area contributed by atoms with Gasteiger partial charge in [0.15, 0.2) is 16.6 Å². The Morgan fingerprint density at radius 3 is 2.50 bits per heavy atom. The van der Waals surface area contributed by atoms with Gasteiger partial charge in [-0.2, -0.15) is 0 Å². The second-order valence-corrected chi connectivity index (χ2v) is 8.80. The Hall–Kier alpha value is -4.18. The number of Topliss-reactive ketones (excluding diaryl/α,β-unsaturated/α-hetero) is 1. The van der Waals surface area contributed by atoms with E-state index in [4.69, 9.17) is 9.47 Å². The number of nitrogens with zero attached hydrogens (tertiary/aromatic N) is 2. The smallest absolute Gasteiger partial charge is 0.350 e. The Morgan fingerprint density at radius 1 is 1.11 bits per heavy atom. The highest BCUT2D eigenvalue weighted by atomic mass is 32.1. The van der Waals surface area contributed by atoms with Crippen molar-refractivity contribution < 1.29 is 34.1 Å². The Kier molecular flexibility index (Phi) is 7.07. The maximum atomic E-state index is 13.3. The lowest BCUT2D eigenvalue weighted by molar-refractivity contribution is -0.132. The van der Waals surface area contributed by atoms with Gasteiger partial charge in [-0.1, -0.05) is 47.7 Å². The molecule has 2 aromatic carbocycles. The molecule has 2 N–H and O–H groups in total. The fraction of sp³-hybridized carbons (Fsp3) is 0.231. The summed E-state index contributed by atoms with van der Waals surface area (Å²) in [6.45, 7) is 5.48. The van der Waals surface area contributed by atoms with Crippen molar-refractivity contribution in [3.63, 3.8) is 0 Å². The zero-order chi connectivity index (χ0) is 26.0. The molecule has 36 heavy (non-hydrogen) atoms. The van der Waals surface area contributed by atoms with Crippen molar-refractivity contribution in [1.29, 1.82) is 0 Å². The molecule has 0 unspecified atom stereocenters. The summed E-state index contributed by atoms with van der Waals surface area (Å²) in [5.74, 6) is -2.71. The summed E-state index contributed by atoms with van der Waals surface area (Å²) in [5.41, 5.74) is 0.952. The van der Waals surface area contributed by atoms with Crippen molar-refractivity contribution in [3.05, 3.63) is 75.8 Å². The average molecular weight is 509 g/mol. The van der Waals surface area contributed by atoms with E-state index in [2.05, 4.69) is 4.98 Å². The molecule has 1 atom stereocenters. The van der Waals surface area contributed by atoms with Crippen LogP contribution in [0.1, 0.15) is 46.4 Å². The van der Waals surface area contributed by atoms with Gasteiger partial charge in [0.1, 0.15) is 10.6 Å². The third-order valence-electron chi connectivity index (χ3n) is 5.54. The van der Waals surface area contributed by atoms with E-state index in [9.17, 15) is 24.6 Å². The second kappa shape index (κ2) is 10.2. The highest BCUT2D eigenvalue weighted by Gasteiger charge is 2.48. The van der Waals surface area contributed by atoms with Gasteiger partial charge in [0.05, 0.1) is 30.5 Å². The number of ketones is 1. The van der Waals surface area contributed by atoms with E-state index in [1.807, 2.05) is 0 Å². The zero-order valence-corrected chi connectivity index (χ0v) is 20.7. The molecule has 0 radical (unpaired) electrons. The van der Waals surface area contributed by atoms with E-state index in [0.717, 1.165) is 16.2 Å². The molecule has 1 fully saturated rings. The van der Waals surface area contributed by atoms with E-state index < -0.39 is 23.7 Å². The third kappa shape index (κ3) is 4.42. The van der Waals surface area contributed by atoms with Crippen LogP contribution in [0.4, 0.5) is 5.13 Å². The Balaban J connectivity index is 1.93. The van der Waals surface area contributed by atoms with Crippen molar-refractivity contribution in [3.8, 4) is 11.5 Å². The van der Waals surface area contributed by atoms with Gasteiger partial charge in [0.2, 0.25) is 0 Å². The number of amides is 1. The number of benzene rings is 2. The van der Waals surface area contributed by atoms with Gasteiger partial charge in [-0.05, 0) is 38.5 Å². The first-order chi connectivity index (χ1) is 17.3. The molecule has 1 saturated heterocycles. The van der Waals surface area contributed by atoms with Crippen LogP contribution in [0.25, 0.3) is 5.76 Å². The molecule has 10 heteroatoms. The van der Waals surface area contributed by atoms with Crippen LogP contribution < -0.4 is 9.64 Å². The number of phenols is 1. The number of hydrogen-bond donors (Lipinski definition) is 2. The van der Waals surface area contributed by atoms with Gasteiger partial charge < -0.3 is 19.7 Å². The van der Waals surface area contributed by atoms with Crippen molar-refractivity contribution >= 4 is 39.9 Å². The van der Waals surface area contributed by atoms with Crippen LogP contribution in [0.2, 0.25) is 0 Å². The number of esters is 1. The van der Waals surface area contributed by atoms with E-state index in [0.29, 0.717) is 16.8 Å². The topological polar surface area (TPSA) is 126 Å². The predicted octanol–water partition coefficient (Wildman–Crippen LogP) is 4.36. The Morgan fingerprint density at radius 2 is 1.83 bits per heavy atom. The molecule has 9 nitrogen and oxygen atoms in total. The predicted molar refractivity (Wildman–Crippen MR) is 133 cm³/mol. The van der Waals surface area contributed by atoms with Gasteiger partial charge in [-0.15, -0.1) is 0 Å². The SMILES string of the molecule is CCOC(=O)c1sc(N2C(=O)C(=O)C(=C(O)c3ccccc3)[C@@H]2c2ccc(O)c(OCC)c2)nc1C. The summed E-state index contributed by atoms with van der Waals surface area (Å²) < 4.78 is 10.6. The number of aromatic hydroxyl groups is 1. The van der Waals surface area contributed by atoms with Crippen LogP contribution >= 0.6 is 11.3 Å². The Labute approximate surface area is 211 Å². The summed E-state index contributed by atoms with van der Waals surface area (Å²) >= 11 is 0.919. The van der Waals surface area contributed by atoms with Crippen LogP contribution in [0.5, 0.6) is 11.5 Å². The summed E-state index contributed by atoms with van der Waals surface area (Å²) in [4.78, 5) is 44.7. The minimum absolute atomic E-state index is 0.0980. The molecule has 0 spiro atoms. The lowest BCUT2D eigenvalue weighted by Crippen LogP contribution is -2.29. The molecule has 0 saturated carbocycles. The molecule has 186 valence electrons. The van der Waals surface area contributed by atoms with Crippen molar-refractivity contribution in [2.75, 3.05) is 18.1 Å². The van der Waals surface area contributed by atoms with Crippen LogP contribution in [0.3, 0.4) is 0 Å². The number of hydrogen-bond acceptors (Lipinski definition) is 9. The molecular weight excluding hydrogens is 484 g/mol. The highest BCUT2D eigenvalue weighted by molar-refractivity contribution is 7.17. The molecule has 3 aromatic rings. The highest BCUT2D eigenvalue weighted by Crippen LogP contribution is 2.45. The van der Waals surface area contributed by atoms with Gasteiger partial charge in [-0.25, -0.2) is 9.78 Å². The number of carbonyl (C=O) groups excluding carboxylic acids is 3. The summed E-state index contributed by atoms with van der Waals surface area (Å²) in [5, 5.41) is 21.5. The van der Waals surface area contributed by atoms with Crippen molar-refractivity contribution in [2.45, 2.75) is 26.8 Å². The number of carbonyl (C=O) groups is 3. The summed E-state index contributed by atoms with van der Waals surface area (Å²) in [6, 6.07) is 11.7. The number of phenolic OH excluding ortho intramolecular Hbond substituents is 1.